The zero-order valence-corrected chi connectivity index (χ0v) is 19.9. The molecule has 7 heteroatoms. The van der Waals surface area contributed by atoms with Crippen molar-refractivity contribution in [2.45, 2.75) is 36.3 Å². The van der Waals surface area contributed by atoms with Crippen LogP contribution in [-0.2, 0) is 38.1 Å². The van der Waals surface area contributed by atoms with Gasteiger partial charge in [0.1, 0.15) is 5.60 Å². The minimum absolute atomic E-state index is 0.0249. The van der Waals surface area contributed by atoms with Gasteiger partial charge in [0.25, 0.3) is 10.1 Å². The van der Waals surface area contributed by atoms with Crippen molar-refractivity contribution in [2.75, 3.05) is 27.3 Å². The van der Waals surface area contributed by atoms with Gasteiger partial charge in [-0.15, -0.1) is 0 Å². The summed E-state index contributed by atoms with van der Waals surface area (Å²) in [7, 11) is 2.17. The third-order valence-corrected chi connectivity index (χ3v) is 8.60. The van der Waals surface area contributed by atoms with Gasteiger partial charge in [-0.2, -0.15) is 8.42 Å². The number of benzene rings is 2. The lowest BCUT2D eigenvalue weighted by molar-refractivity contribution is -0.129. The van der Waals surface area contributed by atoms with Crippen LogP contribution in [0.3, 0.4) is 0 Å². The van der Waals surface area contributed by atoms with Crippen molar-refractivity contribution < 1.29 is 17.3 Å². The summed E-state index contributed by atoms with van der Waals surface area (Å²) < 4.78 is 39.5. The van der Waals surface area contributed by atoms with Gasteiger partial charge in [0.2, 0.25) is 0 Å². The molecule has 0 spiro atoms. The maximum absolute atomic E-state index is 12.8. The fourth-order valence-corrected chi connectivity index (χ4v) is 6.76. The predicted molar refractivity (Wildman–Crippen MR) is 124 cm³/mol. The molecule has 1 aliphatic heterocycles. The number of ether oxygens (including phenoxy) is 1. The Morgan fingerprint density at radius 3 is 2.59 bits per heavy atom. The first-order valence-corrected chi connectivity index (χ1v) is 12.4. The zero-order valence-electron chi connectivity index (χ0n) is 19.0. The fraction of sp³-hybridized carbons (Fsp3) is 0.440. The Labute approximate surface area is 189 Å². The first-order chi connectivity index (χ1) is 15.2. The van der Waals surface area contributed by atoms with E-state index in [-0.39, 0.29) is 23.5 Å². The largest absolute Gasteiger partial charge is 0.372 e. The second kappa shape index (κ2) is 7.70. The first-order valence-electron chi connectivity index (χ1n) is 11.0. The number of likely N-dealkylation sites (tertiary alicyclic amines) is 1. The zero-order chi connectivity index (χ0) is 22.7. The van der Waals surface area contributed by atoms with Crippen LogP contribution in [0.25, 0.3) is 10.9 Å². The van der Waals surface area contributed by atoms with Crippen LogP contribution in [0.1, 0.15) is 23.1 Å². The highest BCUT2D eigenvalue weighted by Crippen LogP contribution is 2.49. The standard InChI is InChI=1S/C25H30N2O4S/c1-17-8-10-20(11-9-17)32(28,29)31-16-18-13-25(30-4)21-6-5-7-22-24(21)19(15-26(22)2)12-23(25)27(3)14-18/h5-11,15,18,23H,12-14,16H2,1-4H3/t18-,23-,25+/m1/s1. The SMILES string of the molecule is CO[C@]12C[C@@H](COS(=O)(=O)c3ccc(C)cc3)CN(C)[C@@H]1Cc1cn(C)c3cccc2c13. The minimum Gasteiger partial charge on any atom is -0.372 e. The molecule has 2 aliphatic rings. The summed E-state index contributed by atoms with van der Waals surface area (Å²) in [6.07, 6.45) is 3.86. The normalized spacial score (nSPS) is 25.8. The van der Waals surface area contributed by atoms with Crippen LogP contribution in [0.4, 0.5) is 0 Å². The first kappa shape index (κ1) is 21.6. The van der Waals surface area contributed by atoms with Crippen LogP contribution in [0.5, 0.6) is 0 Å². The van der Waals surface area contributed by atoms with E-state index >= 15 is 0 Å². The van der Waals surface area contributed by atoms with E-state index in [1.54, 1.807) is 31.4 Å². The Morgan fingerprint density at radius 2 is 1.88 bits per heavy atom. The number of aromatic nitrogens is 1. The molecule has 32 heavy (non-hydrogen) atoms. The second-order valence-corrected chi connectivity index (χ2v) is 11.0. The van der Waals surface area contributed by atoms with Crippen LogP contribution >= 0.6 is 0 Å². The molecule has 3 atom stereocenters. The summed E-state index contributed by atoms with van der Waals surface area (Å²) >= 11 is 0. The van der Waals surface area contributed by atoms with Crippen LogP contribution in [0.15, 0.2) is 53.6 Å². The minimum atomic E-state index is -3.80. The van der Waals surface area contributed by atoms with Gasteiger partial charge < -0.3 is 9.30 Å². The van der Waals surface area contributed by atoms with E-state index in [0.29, 0.717) is 0 Å². The van der Waals surface area contributed by atoms with Gasteiger partial charge in [0.15, 0.2) is 0 Å². The summed E-state index contributed by atoms with van der Waals surface area (Å²) in [6, 6.07) is 13.4. The number of aryl methyl sites for hydroxylation is 2. The molecule has 0 amide bonds. The number of fused-ring (bicyclic) bond motifs is 2. The highest BCUT2D eigenvalue weighted by atomic mass is 32.2. The van der Waals surface area contributed by atoms with Gasteiger partial charge in [-0.25, -0.2) is 0 Å². The van der Waals surface area contributed by atoms with E-state index in [0.717, 1.165) is 24.9 Å². The van der Waals surface area contributed by atoms with Crippen molar-refractivity contribution in [1.29, 1.82) is 0 Å². The van der Waals surface area contributed by atoms with E-state index in [1.165, 1.54) is 22.0 Å². The molecule has 0 radical (unpaired) electrons. The molecular formula is C25H30N2O4S. The molecule has 0 saturated carbocycles. The molecule has 1 aliphatic carbocycles. The number of hydrogen-bond acceptors (Lipinski definition) is 5. The number of piperidine rings is 1. The molecule has 1 aromatic heterocycles. The maximum atomic E-state index is 12.8. The maximum Gasteiger partial charge on any atom is 0.296 e. The topological polar surface area (TPSA) is 60.8 Å². The third-order valence-electron chi connectivity index (χ3n) is 7.30. The molecule has 1 fully saturated rings. The molecule has 1 saturated heterocycles. The highest BCUT2D eigenvalue weighted by Gasteiger charge is 2.51. The van der Waals surface area contributed by atoms with Crippen LogP contribution in [0.2, 0.25) is 0 Å². The molecule has 0 bridgehead atoms. The lowest BCUT2D eigenvalue weighted by Gasteiger charge is -2.53. The number of rotatable bonds is 5. The predicted octanol–water partition coefficient (Wildman–Crippen LogP) is 3.61. The van der Waals surface area contributed by atoms with Gasteiger partial charge in [0, 0.05) is 43.8 Å². The molecule has 5 rings (SSSR count). The third kappa shape index (κ3) is 3.30. The Morgan fingerprint density at radius 1 is 1.12 bits per heavy atom. The fourth-order valence-electron chi connectivity index (χ4n) is 5.78. The van der Waals surface area contributed by atoms with Crippen molar-refractivity contribution in [3.8, 4) is 0 Å². The van der Waals surface area contributed by atoms with Crippen molar-refractivity contribution in [1.82, 2.24) is 9.47 Å². The molecule has 0 N–H and O–H groups in total. The van der Waals surface area contributed by atoms with E-state index in [2.05, 4.69) is 48.0 Å². The van der Waals surface area contributed by atoms with Gasteiger partial charge in [-0.3, -0.25) is 9.08 Å². The lowest BCUT2D eigenvalue weighted by atomic mass is 9.69. The average Bonchev–Trinajstić information content (AvgIpc) is 3.10. The Hall–Kier alpha value is -2.19. The lowest BCUT2D eigenvalue weighted by Crippen LogP contribution is -2.59. The number of hydrogen-bond donors (Lipinski definition) is 0. The van der Waals surface area contributed by atoms with Gasteiger partial charge in [-0.05, 0) is 62.1 Å². The van der Waals surface area contributed by atoms with Crippen molar-refractivity contribution in [3.63, 3.8) is 0 Å². The van der Waals surface area contributed by atoms with E-state index in [9.17, 15) is 8.42 Å². The summed E-state index contributed by atoms with van der Waals surface area (Å²) in [4.78, 5) is 2.51. The molecule has 0 unspecified atom stereocenters. The summed E-state index contributed by atoms with van der Waals surface area (Å²) in [5, 5.41) is 1.27. The summed E-state index contributed by atoms with van der Waals surface area (Å²) in [5.74, 6) is 0.0249. The molecule has 3 aromatic rings. The second-order valence-electron chi connectivity index (χ2n) is 9.34. The molecule has 2 aromatic carbocycles. The van der Waals surface area contributed by atoms with Crippen LogP contribution in [-0.4, -0.2) is 51.2 Å². The Kier molecular flexibility index (Phi) is 5.21. The van der Waals surface area contributed by atoms with E-state index < -0.39 is 15.7 Å². The average molecular weight is 455 g/mol. The Balaban J connectivity index is 1.45. The van der Waals surface area contributed by atoms with Crippen molar-refractivity contribution in [3.05, 3.63) is 65.4 Å². The monoisotopic (exact) mass is 454 g/mol. The van der Waals surface area contributed by atoms with E-state index in [1.807, 2.05) is 6.92 Å². The number of methoxy groups -OCH3 is 1. The quantitative estimate of drug-likeness (QED) is 0.551. The van der Waals surface area contributed by atoms with Gasteiger partial charge >= 0.3 is 0 Å². The van der Waals surface area contributed by atoms with Crippen molar-refractivity contribution >= 4 is 21.0 Å². The molecule has 6 nitrogen and oxygen atoms in total. The van der Waals surface area contributed by atoms with Crippen LogP contribution < -0.4 is 0 Å². The summed E-state index contributed by atoms with van der Waals surface area (Å²) in [5.41, 5.74) is 4.26. The van der Waals surface area contributed by atoms with Crippen LogP contribution in [0, 0.1) is 12.8 Å². The smallest absolute Gasteiger partial charge is 0.296 e. The van der Waals surface area contributed by atoms with Gasteiger partial charge in [0.05, 0.1) is 11.5 Å². The number of likely N-dealkylation sites (N-methyl/N-ethyl adjacent to an activating group) is 1. The summed E-state index contributed by atoms with van der Waals surface area (Å²) in [6.45, 7) is 2.83. The molecule has 2 heterocycles. The molecule has 170 valence electrons. The van der Waals surface area contributed by atoms with E-state index in [4.69, 9.17) is 8.92 Å². The van der Waals surface area contributed by atoms with Crippen molar-refractivity contribution in [2.24, 2.45) is 13.0 Å². The van der Waals surface area contributed by atoms with Gasteiger partial charge in [-0.1, -0.05) is 29.8 Å². The highest BCUT2D eigenvalue weighted by molar-refractivity contribution is 7.86. The number of nitrogens with zero attached hydrogens (tertiary/aromatic N) is 2. The Bertz CT molecular complexity index is 1270. The molecular weight excluding hydrogens is 424 g/mol.